The molecule has 1 aliphatic rings. The molecule has 1 saturated heterocycles. The molecule has 2 aromatic carbocycles. The second kappa shape index (κ2) is 8.37. The number of aromatic nitrogens is 2. The Morgan fingerprint density at radius 3 is 2.64 bits per heavy atom. The fourth-order valence-electron chi connectivity index (χ4n) is 4.05. The maximum absolute atomic E-state index is 12.8. The number of likely N-dealkylation sites (N-methyl/N-ethyl adjacent to an activating group) is 1. The summed E-state index contributed by atoms with van der Waals surface area (Å²) in [7, 11) is -1.42. The highest BCUT2D eigenvalue weighted by Crippen LogP contribution is 2.30. The summed E-state index contributed by atoms with van der Waals surface area (Å²) in [6, 6.07) is 19.1. The molecule has 0 radical (unpaired) electrons. The van der Waals surface area contributed by atoms with Gasteiger partial charge in [-0.05, 0) is 36.8 Å². The minimum atomic E-state index is -3.07. The van der Waals surface area contributed by atoms with Gasteiger partial charge >= 0.3 is 0 Å². The molecule has 0 bridgehead atoms. The smallest absolute Gasteiger partial charge is 0.246 e. The van der Waals surface area contributed by atoms with Gasteiger partial charge in [0.25, 0.3) is 0 Å². The molecule has 4 aromatic rings. The second-order valence-corrected chi connectivity index (χ2v) is 10.4. The number of hydrogen-bond acceptors (Lipinski definition) is 5. The minimum absolute atomic E-state index is 0.0131. The Hall–Kier alpha value is -3.65. The molecule has 1 aliphatic heterocycles. The van der Waals surface area contributed by atoms with Crippen LogP contribution in [0.1, 0.15) is 12.0 Å². The third-order valence-electron chi connectivity index (χ3n) is 5.93. The third kappa shape index (κ3) is 4.34. The molecular formula is C25H23N3O4S. The number of fused-ring (bicyclic) bond motifs is 1. The molecule has 0 aliphatic carbocycles. The van der Waals surface area contributed by atoms with Gasteiger partial charge in [-0.25, -0.2) is 13.1 Å². The van der Waals surface area contributed by atoms with Crippen LogP contribution < -0.4 is 0 Å². The number of hydrogen-bond donors (Lipinski definition) is 0. The lowest BCUT2D eigenvalue weighted by molar-refractivity contribution is -0.126. The average Bonchev–Trinajstić information content (AvgIpc) is 3.53. The first-order valence-electron chi connectivity index (χ1n) is 10.7. The van der Waals surface area contributed by atoms with Crippen molar-refractivity contribution in [3.63, 3.8) is 0 Å². The maximum Gasteiger partial charge on any atom is 0.246 e. The van der Waals surface area contributed by atoms with Crippen molar-refractivity contribution >= 4 is 32.8 Å². The molecule has 33 heavy (non-hydrogen) atoms. The number of benzene rings is 2. The number of carbonyl (C=O) groups excluding carboxylic acids is 1. The van der Waals surface area contributed by atoms with Crippen molar-refractivity contribution in [1.82, 2.24) is 14.7 Å². The molecule has 5 rings (SSSR count). The van der Waals surface area contributed by atoms with E-state index >= 15 is 0 Å². The Morgan fingerprint density at radius 2 is 1.91 bits per heavy atom. The van der Waals surface area contributed by atoms with E-state index in [2.05, 4.69) is 0 Å². The molecule has 0 saturated carbocycles. The third-order valence-corrected chi connectivity index (χ3v) is 7.68. The van der Waals surface area contributed by atoms with Gasteiger partial charge in [-0.3, -0.25) is 4.79 Å². The lowest BCUT2D eigenvalue weighted by atomic mass is 10.1. The van der Waals surface area contributed by atoms with E-state index in [4.69, 9.17) is 9.52 Å². The monoisotopic (exact) mass is 461 g/mol. The fourth-order valence-corrected chi connectivity index (χ4v) is 5.83. The van der Waals surface area contributed by atoms with Gasteiger partial charge in [-0.2, -0.15) is 5.10 Å². The van der Waals surface area contributed by atoms with Crippen molar-refractivity contribution in [2.24, 2.45) is 0 Å². The quantitative estimate of drug-likeness (QED) is 0.420. The maximum atomic E-state index is 12.8. The minimum Gasteiger partial charge on any atom is -0.454 e. The van der Waals surface area contributed by atoms with Gasteiger partial charge in [0.1, 0.15) is 11.3 Å². The van der Waals surface area contributed by atoms with Crippen LogP contribution in [0.2, 0.25) is 0 Å². The Bertz CT molecular complexity index is 1420. The molecule has 8 heteroatoms. The number of furan rings is 1. The number of amides is 1. The largest absolute Gasteiger partial charge is 0.454 e. The van der Waals surface area contributed by atoms with Crippen molar-refractivity contribution in [2.75, 3.05) is 18.6 Å². The predicted octanol–water partition coefficient (Wildman–Crippen LogP) is 3.94. The Labute approximate surface area is 191 Å². The summed E-state index contributed by atoms with van der Waals surface area (Å²) in [5, 5.41) is 5.70. The van der Waals surface area contributed by atoms with Crippen molar-refractivity contribution in [3.05, 3.63) is 78.5 Å². The molecule has 3 heterocycles. The normalized spacial score (nSPS) is 17.7. The average molecular weight is 462 g/mol. The zero-order valence-electron chi connectivity index (χ0n) is 18.1. The Balaban J connectivity index is 1.49. The van der Waals surface area contributed by atoms with Crippen LogP contribution >= 0.6 is 0 Å². The summed E-state index contributed by atoms with van der Waals surface area (Å²) in [5.74, 6) is 0.492. The number of rotatable bonds is 5. The zero-order chi connectivity index (χ0) is 23.0. The number of nitrogens with zero attached hydrogens (tertiary/aromatic N) is 3. The predicted molar refractivity (Wildman–Crippen MR) is 128 cm³/mol. The van der Waals surface area contributed by atoms with Crippen molar-refractivity contribution in [1.29, 1.82) is 0 Å². The SMILES string of the molecule is CN(C(=O)C=Cc1cn(-c2ccccc2)nc1-c1cc2ccccc2o1)C1CCS(=O)(=O)C1. The summed E-state index contributed by atoms with van der Waals surface area (Å²) in [4.78, 5) is 14.3. The van der Waals surface area contributed by atoms with Crippen LogP contribution in [-0.4, -0.2) is 53.6 Å². The van der Waals surface area contributed by atoms with Crippen LogP contribution in [0, 0.1) is 0 Å². The van der Waals surface area contributed by atoms with Crippen LogP contribution in [0.5, 0.6) is 0 Å². The summed E-state index contributed by atoms with van der Waals surface area (Å²) >= 11 is 0. The van der Waals surface area contributed by atoms with Gasteiger partial charge in [-0.15, -0.1) is 0 Å². The van der Waals surface area contributed by atoms with Crippen molar-refractivity contribution in [3.8, 4) is 17.1 Å². The van der Waals surface area contributed by atoms with E-state index in [0.717, 1.165) is 22.2 Å². The summed E-state index contributed by atoms with van der Waals surface area (Å²) < 4.78 is 31.3. The lowest BCUT2D eigenvalue weighted by Gasteiger charge is -2.21. The van der Waals surface area contributed by atoms with Crippen LogP contribution in [0.25, 0.3) is 34.2 Å². The van der Waals surface area contributed by atoms with E-state index in [1.165, 1.54) is 11.0 Å². The molecule has 0 N–H and O–H groups in total. The van der Waals surface area contributed by atoms with Gasteiger partial charge in [0, 0.05) is 36.3 Å². The highest BCUT2D eigenvalue weighted by molar-refractivity contribution is 7.91. The molecule has 1 amide bonds. The molecule has 1 atom stereocenters. The fraction of sp³-hybridized carbons (Fsp3) is 0.200. The topological polar surface area (TPSA) is 85.4 Å². The van der Waals surface area contributed by atoms with Gasteiger partial charge in [0.2, 0.25) is 5.91 Å². The van der Waals surface area contributed by atoms with Gasteiger partial charge in [0.15, 0.2) is 15.6 Å². The molecular weight excluding hydrogens is 438 g/mol. The van der Waals surface area contributed by atoms with E-state index in [1.54, 1.807) is 17.8 Å². The second-order valence-electron chi connectivity index (χ2n) is 8.20. The Morgan fingerprint density at radius 1 is 1.15 bits per heavy atom. The van der Waals surface area contributed by atoms with E-state index < -0.39 is 9.84 Å². The zero-order valence-corrected chi connectivity index (χ0v) is 18.9. The molecule has 168 valence electrons. The molecule has 7 nitrogen and oxygen atoms in total. The van der Waals surface area contributed by atoms with Crippen LogP contribution in [-0.2, 0) is 14.6 Å². The summed E-state index contributed by atoms with van der Waals surface area (Å²) in [6.45, 7) is 0. The molecule has 1 fully saturated rings. The first-order valence-corrected chi connectivity index (χ1v) is 12.5. The van der Waals surface area contributed by atoms with E-state index in [9.17, 15) is 13.2 Å². The molecule has 1 unspecified atom stereocenters. The standard InChI is InChI=1S/C25H23N3O4S/c1-27(21-13-14-33(30,31)17-21)24(29)12-11-19-16-28(20-8-3-2-4-9-20)26-25(19)23-15-18-7-5-6-10-22(18)32-23/h2-12,15-16,21H,13-14,17H2,1H3. The van der Waals surface area contributed by atoms with Gasteiger partial charge in [-0.1, -0.05) is 36.4 Å². The van der Waals surface area contributed by atoms with Crippen LogP contribution in [0.3, 0.4) is 0 Å². The number of carbonyl (C=O) groups is 1. The van der Waals surface area contributed by atoms with E-state index in [1.807, 2.05) is 66.9 Å². The van der Waals surface area contributed by atoms with Gasteiger partial charge in [0.05, 0.1) is 17.2 Å². The number of sulfone groups is 1. The summed E-state index contributed by atoms with van der Waals surface area (Å²) in [5.41, 5.74) is 2.98. The number of para-hydroxylation sites is 2. The van der Waals surface area contributed by atoms with Crippen molar-refractivity contribution in [2.45, 2.75) is 12.5 Å². The van der Waals surface area contributed by atoms with E-state index in [-0.39, 0.29) is 23.5 Å². The highest BCUT2D eigenvalue weighted by atomic mass is 32.2. The van der Waals surface area contributed by atoms with Crippen LogP contribution in [0.4, 0.5) is 0 Å². The lowest BCUT2D eigenvalue weighted by Crippen LogP contribution is -2.36. The van der Waals surface area contributed by atoms with Crippen molar-refractivity contribution < 1.29 is 17.6 Å². The Kier molecular flexibility index (Phi) is 5.38. The van der Waals surface area contributed by atoms with E-state index in [0.29, 0.717) is 17.9 Å². The van der Waals surface area contributed by atoms with Crippen LogP contribution in [0.15, 0.2) is 77.4 Å². The molecule has 2 aromatic heterocycles. The van der Waals surface area contributed by atoms with Gasteiger partial charge < -0.3 is 9.32 Å². The first kappa shape index (κ1) is 21.2. The highest BCUT2D eigenvalue weighted by Gasteiger charge is 2.32. The molecule has 0 spiro atoms. The first-order chi connectivity index (χ1) is 15.9. The summed E-state index contributed by atoms with van der Waals surface area (Å²) in [6.07, 6.45) is 5.48.